The molecule has 1 aliphatic rings. The fraction of sp³-hybridized carbons (Fsp3) is 0.208. The summed E-state index contributed by atoms with van der Waals surface area (Å²) in [5, 5.41) is 21.9. The smallest absolute Gasteiger partial charge is 0.256 e. The largest absolute Gasteiger partial charge is 0.389 e. The van der Waals surface area contributed by atoms with Crippen LogP contribution in [0.2, 0.25) is 10.0 Å². The normalized spacial score (nSPS) is 16.6. The van der Waals surface area contributed by atoms with Crippen LogP contribution in [0.25, 0.3) is 21.7 Å². The number of halogens is 2. The van der Waals surface area contributed by atoms with Gasteiger partial charge in [-0.25, -0.2) is 4.98 Å². The second-order valence-corrected chi connectivity index (χ2v) is 9.02. The molecule has 1 unspecified atom stereocenters. The molecule has 0 radical (unpaired) electrons. The Balaban J connectivity index is 1.67. The number of benzene rings is 2. The third-order valence-corrected chi connectivity index (χ3v) is 6.46. The summed E-state index contributed by atoms with van der Waals surface area (Å²) in [6.07, 6.45) is 2.80. The van der Waals surface area contributed by atoms with Crippen LogP contribution in [0.15, 0.2) is 52.5 Å². The SMILES string of the molecule is C[C@H](O)c1cc(Cl)c(Nc2nc3ccc(C4C=NN(C)C4)cc3c3c(=O)[nH]ccc23)c(Cl)c1. The lowest BCUT2D eigenvalue weighted by Crippen LogP contribution is -2.12. The summed E-state index contributed by atoms with van der Waals surface area (Å²) in [5.41, 5.74) is 2.60. The fourth-order valence-electron chi connectivity index (χ4n) is 4.14. The van der Waals surface area contributed by atoms with E-state index in [1.807, 2.05) is 36.5 Å². The van der Waals surface area contributed by atoms with Crippen LogP contribution in [0, 0.1) is 0 Å². The zero-order valence-electron chi connectivity index (χ0n) is 17.9. The predicted molar refractivity (Wildman–Crippen MR) is 134 cm³/mol. The number of nitrogens with zero attached hydrogens (tertiary/aromatic N) is 3. The summed E-state index contributed by atoms with van der Waals surface area (Å²) in [6, 6.07) is 11.0. The van der Waals surface area contributed by atoms with Crippen LogP contribution in [0.3, 0.4) is 0 Å². The van der Waals surface area contributed by atoms with E-state index in [9.17, 15) is 9.90 Å². The number of hydrogen-bond acceptors (Lipinski definition) is 6. The van der Waals surface area contributed by atoms with Gasteiger partial charge in [0, 0.05) is 42.7 Å². The van der Waals surface area contributed by atoms with E-state index in [1.54, 1.807) is 31.3 Å². The minimum atomic E-state index is -0.703. The molecule has 3 heterocycles. The molecular weight excluding hydrogens is 461 g/mol. The number of anilines is 2. The first-order valence-electron chi connectivity index (χ1n) is 10.5. The Labute approximate surface area is 199 Å². The van der Waals surface area contributed by atoms with Gasteiger partial charge in [0.05, 0.1) is 32.7 Å². The minimum absolute atomic E-state index is 0.153. The van der Waals surface area contributed by atoms with Gasteiger partial charge in [0.2, 0.25) is 0 Å². The van der Waals surface area contributed by atoms with Gasteiger partial charge in [-0.05, 0) is 48.4 Å². The van der Waals surface area contributed by atoms with Gasteiger partial charge in [-0.2, -0.15) is 5.10 Å². The van der Waals surface area contributed by atoms with E-state index in [2.05, 4.69) is 15.4 Å². The highest BCUT2D eigenvalue weighted by atomic mass is 35.5. The van der Waals surface area contributed by atoms with Crippen LogP contribution in [-0.4, -0.2) is 39.9 Å². The third-order valence-electron chi connectivity index (χ3n) is 5.86. The van der Waals surface area contributed by atoms with Gasteiger partial charge < -0.3 is 15.4 Å². The first-order valence-corrected chi connectivity index (χ1v) is 11.2. The lowest BCUT2D eigenvalue weighted by atomic mass is 9.97. The van der Waals surface area contributed by atoms with Crippen molar-refractivity contribution in [3.63, 3.8) is 0 Å². The van der Waals surface area contributed by atoms with Gasteiger partial charge in [0.15, 0.2) is 0 Å². The minimum Gasteiger partial charge on any atom is -0.389 e. The highest BCUT2D eigenvalue weighted by molar-refractivity contribution is 6.39. The average molecular weight is 482 g/mol. The number of pyridine rings is 2. The van der Waals surface area contributed by atoms with Crippen molar-refractivity contribution in [2.75, 3.05) is 18.9 Å². The van der Waals surface area contributed by atoms with E-state index >= 15 is 0 Å². The Morgan fingerprint density at radius 3 is 2.61 bits per heavy atom. The second kappa shape index (κ2) is 8.33. The lowest BCUT2D eigenvalue weighted by molar-refractivity contribution is 0.199. The molecule has 0 spiro atoms. The van der Waals surface area contributed by atoms with E-state index in [0.29, 0.717) is 43.4 Å². The third kappa shape index (κ3) is 3.93. The molecule has 0 bridgehead atoms. The summed E-state index contributed by atoms with van der Waals surface area (Å²) in [6.45, 7) is 2.43. The highest BCUT2D eigenvalue weighted by Gasteiger charge is 2.20. The number of hydrogen-bond donors (Lipinski definition) is 3. The Morgan fingerprint density at radius 1 is 1.18 bits per heavy atom. The molecule has 5 rings (SSSR count). The van der Waals surface area contributed by atoms with Gasteiger partial charge in [0.1, 0.15) is 5.82 Å². The molecule has 0 saturated heterocycles. The maximum Gasteiger partial charge on any atom is 0.256 e. The van der Waals surface area contributed by atoms with E-state index in [4.69, 9.17) is 28.2 Å². The van der Waals surface area contributed by atoms with Crippen molar-refractivity contribution in [2.45, 2.75) is 18.9 Å². The summed E-state index contributed by atoms with van der Waals surface area (Å²) < 4.78 is 0. The number of fused-ring (bicyclic) bond motifs is 3. The molecule has 7 nitrogen and oxygen atoms in total. The molecule has 2 atom stereocenters. The van der Waals surface area contributed by atoms with Crippen LogP contribution in [-0.2, 0) is 0 Å². The first-order chi connectivity index (χ1) is 15.8. The van der Waals surface area contributed by atoms with E-state index < -0.39 is 6.10 Å². The zero-order valence-corrected chi connectivity index (χ0v) is 19.4. The van der Waals surface area contributed by atoms with Crippen molar-refractivity contribution in [1.82, 2.24) is 15.0 Å². The lowest BCUT2D eigenvalue weighted by Gasteiger charge is -2.16. The van der Waals surface area contributed by atoms with Crippen molar-refractivity contribution in [3.8, 4) is 0 Å². The number of aromatic amines is 1. The monoisotopic (exact) mass is 481 g/mol. The van der Waals surface area contributed by atoms with Gasteiger partial charge >= 0.3 is 0 Å². The Kier molecular flexibility index (Phi) is 5.48. The van der Waals surface area contributed by atoms with E-state index in [-0.39, 0.29) is 11.5 Å². The van der Waals surface area contributed by atoms with Crippen molar-refractivity contribution in [1.29, 1.82) is 0 Å². The van der Waals surface area contributed by atoms with Gasteiger partial charge in [0.25, 0.3) is 5.56 Å². The molecule has 0 saturated carbocycles. The topological polar surface area (TPSA) is 93.6 Å². The quantitative estimate of drug-likeness (QED) is 0.348. The average Bonchev–Trinajstić information content (AvgIpc) is 3.22. The van der Waals surface area contributed by atoms with Crippen LogP contribution < -0.4 is 10.9 Å². The molecule has 0 amide bonds. The molecule has 9 heteroatoms. The Morgan fingerprint density at radius 2 is 1.94 bits per heavy atom. The molecular formula is C24H21Cl2N5O2. The van der Waals surface area contributed by atoms with Gasteiger partial charge in [-0.15, -0.1) is 0 Å². The fourth-order valence-corrected chi connectivity index (χ4v) is 4.74. The Bertz CT molecular complexity index is 1460. The number of aliphatic hydroxyl groups is 1. The van der Waals surface area contributed by atoms with Crippen molar-refractivity contribution < 1.29 is 5.11 Å². The number of nitrogens with one attached hydrogen (secondary N) is 2. The van der Waals surface area contributed by atoms with Gasteiger partial charge in [-0.3, -0.25) is 9.80 Å². The number of aliphatic hydroxyl groups excluding tert-OH is 1. The molecule has 1 aliphatic heterocycles. The number of rotatable bonds is 4. The second-order valence-electron chi connectivity index (χ2n) is 8.20. The van der Waals surface area contributed by atoms with Crippen LogP contribution >= 0.6 is 23.2 Å². The van der Waals surface area contributed by atoms with Crippen LogP contribution in [0.5, 0.6) is 0 Å². The molecule has 0 aliphatic carbocycles. The van der Waals surface area contributed by atoms with Gasteiger partial charge in [-0.1, -0.05) is 29.3 Å². The number of aromatic nitrogens is 2. The summed E-state index contributed by atoms with van der Waals surface area (Å²) in [7, 11) is 1.93. The van der Waals surface area contributed by atoms with Crippen LogP contribution in [0.4, 0.5) is 11.5 Å². The van der Waals surface area contributed by atoms with Crippen molar-refractivity contribution in [2.24, 2.45) is 5.10 Å². The molecule has 168 valence electrons. The zero-order chi connectivity index (χ0) is 23.3. The molecule has 3 N–H and O–H groups in total. The summed E-state index contributed by atoms with van der Waals surface area (Å²) >= 11 is 12.9. The van der Waals surface area contributed by atoms with E-state index in [1.165, 1.54) is 0 Å². The predicted octanol–water partition coefficient (Wildman–Crippen LogP) is 5.19. The summed E-state index contributed by atoms with van der Waals surface area (Å²) in [4.78, 5) is 20.5. The molecule has 33 heavy (non-hydrogen) atoms. The number of H-pyrrole nitrogens is 1. The first kappa shape index (κ1) is 21.7. The van der Waals surface area contributed by atoms with E-state index in [0.717, 1.165) is 17.5 Å². The number of likely N-dealkylation sites (N-methyl/N-ethyl adjacent to an activating group) is 1. The van der Waals surface area contributed by atoms with Crippen molar-refractivity contribution >= 4 is 62.6 Å². The molecule has 4 aromatic rings. The standard InChI is InChI=1S/C24H21Cl2N5O2/c1-12(32)14-8-18(25)22(19(26)9-14)30-23-16-5-6-27-24(33)21(16)17-7-13(3-4-20(17)29-23)15-10-28-31(2)11-15/h3-10,12,15,32H,11H2,1-2H3,(H,27,33)(H,29,30)/t12-,15?/m0/s1. The highest BCUT2D eigenvalue weighted by Crippen LogP contribution is 2.38. The molecule has 2 aromatic carbocycles. The maximum absolute atomic E-state index is 12.9. The summed E-state index contributed by atoms with van der Waals surface area (Å²) in [5.74, 6) is 0.618. The maximum atomic E-state index is 12.9. The number of hydrazone groups is 1. The van der Waals surface area contributed by atoms with Crippen LogP contribution in [0.1, 0.15) is 30.1 Å². The molecule has 0 fully saturated rings. The molecule has 2 aromatic heterocycles. The van der Waals surface area contributed by atoms with Crippen molar-refractivity contribution in [3.05, 3.63) is 74.1 Å². The Hall–Kier alpha value is -3.13.